The molecular weight excluding hydrogens is 352 g/mol. The van der Waals surface area contributed by atoms with Crippen molar-refractivity contribution in [1.82, 2.24) is 0 Å². The molecule has 28 heavy (non-hydrogen) atoms. The molecule has 0 aliphatic rings. The van der Waals surface area contributed by atoms with Gasteiger partial charge < -0.3 is 20.4 Å². The van der Waals surface area contributed by atoms with Gasteiger partial charge in [0.2, 0.25) is 0 Å². The number of allylic oxidation sites excluding steroid dienone is 4. The first kappa shape index (κ1) is 21.2. The van der Waals surface area contributed by atoms with E-state index in [1.165, 1.54) is 12.1 Å². The van der Waals surface area contributed by atoms with Gasteiger partial charge in [0, 0.05) is 11.1 Å². The molecule has 0 atom stereocenters. The number of hydrogen-bond donors (Lipinski definition) is 4. The Morgan fingerprint density at radius 2 is 1.32 bits per heavy atom. The third-order valence-electron chi connectivity index (χ3n) is 4.41. The van der Waals surface area contributed by atoms with Crippen molar-refractivity contribution < 1.29 is 20.4 Å². The van der Waals surface area contributed by atoms with Gasteiger partial charge in [-0.25, -0.2) is 0 Å². The van der Waals surface area contributed by atoms with Crippen LogP contribution in [0.1, 0.15) is 49.9 Å². The van der Waals surface area contributed by atoms with Crippen LogP contribution in [0.15, 0.2) is 47.6 Å². The molecule has 4 nitrogen and oxygen atoms in total. The lowest BCUT2D eigenvalue weighted by Crippen LogP contribution is -1.95. The molecule has 0 unspecified atom stereocenters. The standard InChI is InChI=1S/C24H28O4/c1-15(2)5-10-19-18(9-7-17-8-12-21(25)23(27)13-17)14-22(26)20(24(19)28)11-6-16(3)4/h5-9,12-14,25-28H,10-11H2,1-4H3. The van der Waals surface area contributed by atoms with Crippen LogP contribution < -0.4 is 0 Å². The van der Waals surface area contributed by atoms with Crippen molar-refractivity contribution in [3.05, 3.63) is 69.8 Å². The highest BCUT2D eigenvalue weighted by Gasteiger charge is 2.15. The Labute approximate surface area is 166 Å². The molecule has 0 amide bonds. The average molecular weight is 380 g/mol. The first-order valence-corrected chi connectivity index (χ1v) is 9.22. The topological polar surface area (TPSA) is 80.9 Å². The third kappa shape index (κ3) is 5.43. The molecule has 0 fully saturated rings. The fourth-order valence-corrected chi connectivity index (χ4v) is 2.77. The summed E-state index contributed by atoms with van der Waals surface area (Å²) >= 11 is 0. The lowest BCUT2D eigenvalue weighted by molar-refractivity contribution is 0.403. The van der Waals surface area contributed by atoms with Crippen molar-refractivity contribution in [2.75, 3.05) is 0 Å². The van der Waals surface area contributed by atoms with Crippen molar-refractivity contribution in [1.29, 1.82) is 0 Å². The van der Waals surface area contributed by atoms with Gasteiger partial charge >= 0.3 is 0 Å². The lowest BCUT2D eigenvalue weighted by atomic mass is 9.95. The van der Waals surface area contributed by atoms with Gasteiger partial charge in [0.15, 0.2) is 11.5 Å². The van der Waals surface area contributed by atoms with E-state index < -0.39 is 0 Å². The van der Waals surface area contributed by atoms with Crippen LogP contribution in [0.3, 0.4) is 0 Å². The Balaban J connectivity index is 2.51. The van der Waals surface area contributed by atoms with E-state index in [0.717, 1.165) is 16.7 Å². The molecule has 0 aliphatic carbocycles. The van der Waals surface area contributed by atoms with Crippen LogP contribution in [0.2, 0.25) is 0 Å². The van der Waals surface area contributed by atoms with Crippen molar-refractivity contribution in [3.63, 3.8) is 0 Å². The summed E-state index contributed by atoms with van der Waals surface area (Å²) in [6.07, 6.45) is 8.53. The van der Waals surface area contributed by atoms with Gasteiger partial charge in [0.25, 0.3) is 0 Å². The summed E-state index contributed by atoms with van der Waals surface area (Å²) < 4.78 is 0. The maximum absolute atomic E-state index is 10.8. The van der Waals surface area contributed by atoms with E-state index in [2.05, 4.69) is 0 Å². The summed E-state index contributed by atoms with van der Waals surface area (Å²) in [6, 6.07) is 6.18. The molecule has 2 aromatic carbocycles. The van der Waals surface area contributed by atoms with Crippen LogP contribution in [-0.4, -0.2) is 20.4 Å². The van der Waals surface area contributed by atoms with Crippen molar-refractivity contribution in [2.45, 2.75) is 40.5 Å². The zero-order valence-electron chi connectivity index (χ0n) is 16.8. The van der Waals surface area contributed by atoms with Gasteiger partial charge in [-0.1, -0.05) is 41.5 Å². The SMILES string of the molecule is CC(C)=CCc1c(O)cc(C=Cc2ccc(O)c(O)c2)c(CC=C(C)C)c1O. The van der Waals surface area contributed by atoms with Crippen LogP contribution >= 0.6 is 0 Å². The molecule has 0 heterocycles. The minimum Gasteiger partial charge on any atom is -0.507 e. The molecule has 0 bridgehead atoms. The maximum atomic E-state index is 10.8. The largest absolute Gasteiger partial charge is 0.507 e. The summed E-state index contributed by atoms with van der Waals surface area (Å²) in [5.74, 6) is -0.234. The smallest absolute Gasteiger partial charge is 0.157 e. The van der Waals surface area contributed by atoms with E-state index in [-0.39, 0.29) is 23.0 Å². The van der Waals surface area contributed by atoms with E-state index in [0.29, 0.717) is 29.5 Å². The Morgan fingerprint density at radius 3 is 1.89 bits per heavy atom. The molecule has 0 saturated heterocycles. The van der Waals surface area contributed by atoms with E-state index in [1.54, 1.807) is 24.3 Å². The quantitative estimate of drug-likeness (QED) is 0.294. The number of benzene rings is 2. The lowest BCUT2D eigenvalue weighted by Gasteiger charge is -2.14. The summed E-state index contributed by atoms with van der Waals surface area (Å²) in [5, 5.41) is 40.4. The summed E-state index contributed by atoms with van der Waals surface area (Å²) in [4.78, 5) is 0. The second kappa shape index (κ2) is 9.18. The second-order valence-electron chi connectivity index (χ2n) is 7.34. The van der Waals surface area contributed by atoms with Gasteiger partial charge in [-0.2, -0.15) is 0 Å². The van der Waals surface area contributed by atoms with E-state index in [1.807, 2.05) is 39.8 Å². The number of phenols is 4. The molecule has 4 N–H and O–H groups in total. The number of hydrogen-bond acceptors (Lipinski definition) is 4. The van der Waals surface area contributed by atoms with Crippen LogP contribution in [0.4, 0.5) is 0 Å². The summed E-state index contributed by atoms with van der Waals surface area (Å²) in [6.45, 7) is 7.94. The minimum absolute atomic E-state index is 0.0455. The first-order valence-electron chi connectivity index (χ1n) is 9.22. The third-order valence-corrected chi connectivity index (χ3v) is 4.41. The molecule has 148 valence electrons. The normalized spacial score (nSPS) is 10.9. The highest BCUT2D eigenvalue weighted by Crippen LogP contribution is 2.36. The summed E-state index contributed by atoms with van der Waals surface area (Å²) in [5.41, 5.74) is 4.88. The number of rotatable bonds is 6. The Hall–Kier alpha value is -3.14. The average Bonchev–Trinajstić information content (AvgIpc) is 2.61. The summed E-state index contributed by atoms with van der Waals surface area (Å²) in [7, 11) is 0. The molecule has 2 rings (SSSR count). The van der Waals surface area contributed by atoms with Gasteiger partial charge in [-0.3, -0.25) is 0 Å². The first-order chi connectivity index (χ1) is 13.2. The van der Waals surface area contributed by atoms with Crippen LogP contribution in [0.25, 0.3) is 12.2 Å². The Morgan fingerprint density at radius 1 is 0.714 bits per heavy atom. The van der Waals surface area contributed by atoms with Gasteiger partial charge in [0.1, 0.15) is 11.5 Å². The molecule has 0 saturated carbocycles. The molecule has 2 aromatic rings. The van der Waals surface area contributed by atoms with E-state index >= 15 is 0 Å². The maximum Gasteiger partial charge on any atom is 0.157 e. The molecule has 0 spiro atoms. The Bertz CT molecular complexity index is 942. The fraction of sp³-hybridized carbons (Fsp3) is 0.250. The van der Waals surface area contributed by atoms with E-state index in [4.69, 9.17) is 0 Å². The van der Waals surface area contributed by atoms with Crippen LogP contribution in [0.5, 0.6) is 23.0 Å². The molecule has 0 aliphatic heterocycles. The predicted molar refractivity (Wildman–Crippen MR) is 115 cm³/mol. The molecular formula is C24H28O4. The highest BCUT2D eigenvalue weighted by molar-refractivity contribution is 5.75. The monoisotopic (exact) mass is 380 g/mol. The number of phenolic OH excluding ortho intramolecular Hbond substituents is 4. The molecule has 0 aromatic heterocycles. The second-order valence-corrected chi connectivity index (χ2v) is 7.34. The fourth-order valence-electron chi connectivity index (χ4n) is 2.77. The highest BCUT2D eigenvalue weighted by atomic mass is 16.3. The zero-order chi connectivity index (χ0) is 20.8. The Kier molecular flexibility index (Phi) is 6.94. The number of aromatic hydroxyl groups is 4. The van der Waals surface area contributed by atoms with Gasteiger partial charge in [0.05, 0.1) is 0 Å². The van der Waals surface area contributed by atoms with Gasteiger partial charge in [-0.05, 0) is 69.9 Å². The van der Waals surface area contributed by atoms with Gasteiger partial charge in [-0.15, -0.1) is 0 Å². The van der Waals surface area contributed by atoms with Crippen LogP contribution in [-0.2, 0) is 12.8 Å². The van der Waals surface area contributed by atoms with Crippen molar-refractivity contribution >= 4 is 12.2 Å². The van der Waals surface area contributed by atoms with Crippen LogP contribution in [0, 0.1) is 0 Å². The molecule has 0 radical (unpaired) electrons. The molecule has 4 heteroatoms. The van der Waals surface area contributed by atoms with Crippen molar-refractivity contribution in [2.24, 2.45) is 0 Å². The van der Waals surface area contributed by atoms with Crippen molar-refractivity contribution in [3.8, 4) is 23.0 Å². The zero-order valence-corrected chi connectivity index (χ0v) is 16.8. The predicted octanol–water partition coefficient (Wildman–Crippen LogP) is 5.70. The van der Waals surface area contributed by atoms with E-state index in [9.17, 15) is 20.4 Å². The minimum atomic E-state index is -0.199.